The maximum absolute atomic E-state index is 14.0. The summed E-state index contributed by atoms with van der Waals surface area (Å²) < 4.78 is 42.0. The Balaban J connectivity index is 1.61. The van der Waals surface area contributed by atoms with Crippen LogP contribution in [0.4, 0.5) is 29.3 Å². The number of azo groups is 1. The normalized spacial score (nSPS) is 15.2. The average molecular weight is 553 g/mol. The van der Waals surface area contributed by atoms with Crippen molar-refractivity contribution in [2.75, 3.05) is 0 Å². The SMILES string of the molecule is Cc1ccc(-c2c(C(F)(F)F)ccc3c(N=Nc4cccc(C=C5SC(=O)NC5=O)c4O)c(O)[nH]c23)cc1C. The van der Waals surface area contributed by atoms with Crippen molar-refractivity contribution in [3.63, 3.8) is 0 Å². The van der Waals surface area contributed by atoms with Crippen LogP contribution in [-0.2, 0) is 11.0 Å². The lowest BCUT2D eigenvalue weighted by Crippen LogP contribution is -2.17. The molecule has 0 aliphatic carbocycles. The number of imide groups is 1. The van der Waals surface area contributed by atoms with Crippen LogP contribution in [0.2, 0.25) is 0 Å². The van der Waals surface area contributed by atoms with Crippen molar-refractivity contribution >= 4 is 51.3 Å². The summed E-state index contributed by atoms with van der Waals surface area (Å²) in [6.07, 6.45) is -3.35. The van der Waals surface area contributed by atoms with Gasteiger partial charge in [-0.2, -0.15) is 13.2 Å². The number of nitrogens with one attached hydrogen (secondary N) is 2. The van der Waals surface area contributed by atoms with Crippen molar-refractivity contribution in [1.82, 2.24) is 10.3 Å². The van der Waals surface area contributed by atoms with Gasteiger partial charge in [0.15, 0.2) is 5.69 Å². The van der Waals surface area contributed by atoms with Crippen LogP contribution >= 0.6 is 11.8 Å². The molecule has 0 atom stereocenters. The molecule has 5 rings (SSSR count). The second-order valence-corrected chi connectivity index (χ2v) is 9.81. The molecule has 1 aromatic heterocycles. The molecule has 0 spiro atoms. The molecule has 4 N–H and O–H groups in total. The Morgan fingerprint density at radius 1 is 0.974 bits per heavy atom. The lowest BCUT2D eigenvalue weighted by molar-refractivity contribution is -0.137. The average Bonchev–Trinajstić information content (AvgIpc) is 3.36. The number of aryl methyl sites for hydroxylation is 2. The lowest BCUT2D eigenvalue weighted by Gasteiger charge is -2.15. The summed E-state index contributed by atoms with van der Waals surface area (Å²) in [4.78, 5) is 25.9. The Bertz CT molecular complexity index is 1740. The number of halogens is 3. The molecule has 12 heteroatoms. The number of H-pyrrole nitrogens is 1. The van der Waals surface area contributed by atoms with Gasteiger partial charge in [-0.3, -0.25) is 14.9 Å². The van der Waals surface area contributed by atoms with Crippen LogP contribution in [-0.4, -0.2) is 26.3 Å². The van der Waals surface area contributed by atoms with E-state index in [2.05, 4.69) is 20.5 Å². The summed E-state index contributed by atoms with van der Waals surface area (Å²) in [6.45, 7) is 3.65. The fraction of sp³-hybridized carbons (Fsp3) is 0.111. The van der Waals surface area contributed by atoms with Gasteiger partial charge in [-0.1, -0.05) is 30.3 Å². The number of hydrogen-bond acceptors (Lipinski definition) is 7. The number of aromatic amines is 1. The zero-order chi connectivity index (χ0) is 28.1. The molecule has 1 fully saturated rings. The van der Waals surface area contributed by atoms with Crippen LogP contribution in [0.25, 0.3) is 28.1 Å². The second kappa shape index (κ2) is 9.62. The van der Waals surface area contributed by atoms with E-state index in [0.29, 0.717) is 17.3 Å². The summed E-state index contributed by atoms with van der Waals surface area (Å²) >= 11 is 0.681. The first-order valence-corrected chi connectivity index (χ1v) is 12.3. The first kappa shape index (κ1) is 26.0. The zero-order valence-electron chi connectivity index (χ0n) is 20.3. The first-order valence-electron chi connectivity index (χ1n) is 11.4. The Morgan fingerprint density at radius 2 is 1.74 bits per heavy atom. The highest BCUT2D eigenvalue weighted by Gasteiger charge is 2.35. The molecular weight excluding hydrogens is 533 g/mol. The Labute approximate surface area is 223 Å². The molecule has 8 nitrogen and oxygen atoms in total. The number of fused-ring (bicyclic) bond motifs is 1. The number of para-hydroxylation sites is 1. The molecule has 1 saturated heterocycles. The van der Waals surface area contributed by atoms with Gasteiger partial charge in [-0.25, -0.2) is 0 Å². The van der Waals surface area contributed by atoms with Crippen molar-refractivity contribution in [2.24, 2.45) is 10.2 Å². The number of benzene rings is 3. The number of aromatic hydroxyl groups is 2. The number of alkyl halides is 3. The predicted octanol–water partition coefficient (Wildman–Crippen LogP) is 7.62. The van der Waals surface area contributed by atoms with Crippen molar-refractivity contribution in [1.29, 1.82) is 0 Å². The molecule has 2 heterocycles. The third kappa shape index (κ3) is 4.86. The number of aromatic nitrogens is 1. The number of carbonyl (C=O) groups excluding carboxylic acids is 2. The van der Waals surface area contributed by atoms with Gasteiger partial charge in [0.1, 0.15) is 11.4 Å². The van der Waals surface area contributed by atoms with Crippen LogP contribution in [0.3, 0.4) is 0 Å². The number of carbonyl (C=O) groups is 2. The van der Waals surface area contributed by atoms with Gasteiger partial charge in [0, 0.05) is 16.5 Å². The van der Waals surface area contributed by atoms with Crippen molar-refractivity contribution in [3.05, 3.63) is 75.7 Å². The molecule has 1 aliphatic heterocycles. The van der Waals surface area contributed by atoms with Crippen LogP contribution < -0.4 is 5.32 Å². The minimum absolute atomic E-state index is 0.0242. The molecule has 39 heavy (non-hydrogen) atoms. The van der Waals surface area contributed by atoms with Crippen LogP contribution in [0.1, 0.15) is 22.3 Å². The summed E-state index contributed by atoms with van der Waals surface area (Å²) in [5.74, 6) is -1.46. The molecule has 0 saturated carbocycles. The zero-order valence-corrected chi connectivity index (χ0v) is 21.2. The molecule has 198 valence electrons. The highest BCUT2D eigenvalue weighted by Crippen LogP contribution is 2.46. The van der Waals surface area contributed by atoms with Gasteiger partial charge in [0.2, 0.25) is 5.88 Å². The summed E-state index contributed by atoms with van der Waals surface area (Å²) in [7, 11) is 0. The summed E-state index contributed by atoms with van der Waals surface area (Å²) in [5.41, 5.74) is 1.07. The number of thioether (sulfide) groups is 1. The maximum atomic E-state index is 14.0. The van der Waals surface area contributed by atoms with E-state index in [4.69, 9.17) is 0 Å². The van der Waals surface area contributed by atoms with E-state index in [-0.39, 0.29) is 44.1 Å². The molecule has 0 bridgehead atoms. The van der Waals surface area contributed by atoms with Crippen molar-refractivity contribution in [2.45, 2.75) is 20.0 Å². The Morgan fingerprint density at radius 3 is 2.41 bits per heavy atom. The highest BCUT2D eigenvalue weighted by atomic mass is 32.2. The van der Waals surface area contributed by atoms with E-state index in [9.17, 15) is 33.0 Å². The van der Waals surface area contributed by atoms with E-state index < -0.39 is 28.8 Å². The molecule has 4 aromatic rings. The predicted molar refractivity (Wildman–Crippen MR) is 141 cm³/mol. The monoisotopic (exact) mass is 552 g/mol. The van der Waals surface area contributed by atoms with Gasteiger partial charge in [-0.15, -0.1) is 10.2 Å². The minimum atomic E-state index is -4.66. The van der Waals surface area contributed by atoms with Crippen LogP contribution in [0.5, 0.6) is 11.6 Å². The number of hydrogen-bond donors (Lipinski definition) is 4. The first-order chi connectivity index (χ1) is 18.4. The fourth-order valence-electron chi connectivity index (χ4n) is 4.18. The van der Waals surface area contributed by atoms with E-state index >= 15 is 0 Å². The standard InChI is InChI=1S/C27H19F3N4O4S/c1-12-6-7-14(10-13(12)2)20-17(27(28,29)30)9-8-16-21(20)31-25(37)22(16)34-33-18-5-3-4-15(23(18)35)11-19-24(36)32-26(38)39-19/h3-11,31,35,37H,1-2H3,(H,32,36,38). The van der Waals surface area contributed by atoms with Gasteiger partial charge in [0.05, 0.1) is 16.0 Å². The molecule has 2 amide bonds. The Hall–Kier alpha value is -4.58. The van der Waals surface area contributed by atoms with Gasteiger partial charge < -0.3 is 15.2 Å². The molecule has 0 unspecified atom stereocenters. The number of phenols is 1. The Kier molecular flexibility index (Phi) is 6.43. The third-order valence-electron chi connectivity index (χ3n) is 6.26. The van der Waals surface area contributed by atoms with Crippen molar-refractivity contribution < 1.29 is 33.0 Å². The van der Waals surface area contributed by atoms with E-state index in [1.807, 2.05) is 6.92 Å². The number of amides is 2. The molecule has 3 aromatic carbocycles. The summed E-state index contributed by atoms with van der Waals surface area (Å²) in [5, 5.41) is 31.1. The van der Waals surface area contributed by atoms with Crippen molar-refractivity contribution in [3.8, 4) is 22.8 Å². The van der Waals surface area contributed by atoms with Crippen LogP contribution in [0.15, 0.2) is 63.7 Å². The molecule has 0 radical (unpaired) electrons. The quantitative estimate of drug-likeness (QED) is 0.153. The largest absolute Gasteiger partial charge is 0.505 e. The smallest absolute Gasteiger partial charge is 0.417 e. The van der Waals surface area contributed by atoms with E-state index in [0.717, 1.165) is 17.2 Å². The lowest BCUT2D eigenvalue weighted by atomic mass is 9.94. The molecular formula is C27H19F3N4O4S. The van der Waals surface area contributed by atoms with Gasteiger partial charge in [-0.05, 0) is 66.6 Å². The van der Waals surface area contributed by atoms with E-state index in [1.165, 1.54) is 30.3 Å². The topological polar surface area (TPSA) is 127 Å². The second-order valence-electron chi connectivity index (χ2n) is 8.80. The third-order valence-corrected chi connectivity index (χ3v) is 7.07. The van der Waals surface area contributed by atoms with E-state index in [1.54, 1.807) is 25.1 Å². The fourth-order valence-corrected chi connectivity index (χ4v) is 4.85. The molecule has 1 aliphatic rings. The highest BCUT2D eigenvalue weighted by molar-refractivity contribution is 8.18. The number of phenolic OH excluding ortho intramolecular Hbond substituents is 1. The number of nitrogens with zero attached hydrogens (tertiary/aromatic N) is 2. The minimum Gasteiger partial charge on any atom is -0.505 e. The van der Waals surface area contributed by atoms with Gasteiger partial charge >= 0.3 is 6.18 Å². The number of rotatable bonds is 4. The summed E-state index contributed by atoms with van der Waals surface area (Å²) in [6, 6.07) is 11.5. The maximum Gasteiger partial charge on any atom is 0.417 e. The van der Waals surface area contributed by atoms with Crippen LogP contribution in [0, 0.1) is 13.8 Å². The van der Waals surface area contributed by atoms with Gasteiger partial charge in [0.25, 0.3) is 11.1 Å².